The quantitative estimate of drug-likeness (QED) is 0.677. The normalized spacial score (nSPS) is 9.68. The fourth-order valence-corrected chi connectivity index (χ4v) is 2.55. The zero-order valence-electron chi connectivity index (χ0n) is 14.3. The van der Waals surface area contributed by atoms with Crippen molar-refractivity contribution >= 4 is 23.5 Å². The monoisotopic (exact) mass is 351 g/mol. The summed E-state index contributed by atoms with van der Waals surface area (Å²) < 4.78 is 3.00. The van der Waals surface area contributed by atoms with Gasteiger partial charge in [0.15, 0.2) is 0 Å². The Morgan fingerprint density at radius 1 is 0.960 bits per heavy atom. The third kappa shape index (κ3) is 6.79. The Labute approximate surface area is 152 Å². The van der Waals surface area contributed by atoms with Gasteiger partial charge in [0, 0.05) is 28.0 Å². The zero-order valence-corrected chi connectivity index (χ0v) is 15.1. The molecular weight excluding hydrogens is 330 g/mol. The standard InChI is InChI=1S/C13H12N2O.C7H9NS/c1-10-9-12(7-8-14-10)15-13(16)11-5-3-2-4-6-11;1-8-9-7-5-3-2-4-6-7/h2-9H,1H3,(H,14,15,16);2-6,8H,1H3. The van der Waals surface area contributed by atoms with Gasteiger partial charge in [0.05, 0.1) is 0 Å². The molecule has 4 nitrogen and oxygen atoms in total. The number of amides is 1. The van der Waals surface area contributed by atoms with Crippen LogP contribution in [0, 0.1) is 6.92 Å². The Bertz CT molecular complexity index is 779. The number of hydrogen-bond donors (Lipinski definition) is 2. The van der Waals surface area contributed by atoms with E-state index in [9.17, 15) is 4.79 Å². The average molecular weight is 351 g/mol. The zero-order chi connectivity index (χ0) is 17.9. The summed E-state index contributed by atoms with van der Waals surface area (Å²) in [6.07, 6.45) is 1.68. The molecule has 0 atom stereocenters. The van der Waals surface area contributed by atoms with E-state index in [4.69, 9.17) is 0 Å². The lowest BCUT2D eigenvalue weighted by Crippen LogP contribution is -2.11. The van der Waals surface area contributed by atoms with Gasteiger partial charge in [0.1, 0.15) is 0 Å². The average Bonchev–Trinajstić information content (AvgIpc) is 2.64. The molecule has 2 N–H and O–H groups in total. The first-order valence-corrected chi connectivity index (χ1v) is 8.68. The molecule has 1 amide bonds. The van der Waals surface area contributed by atoms with Crippen LogP contribution in [-0.2, 0) is 0 Å². The van der Waals surface area contributed by atoms with E-state index in [1.54, 1.807) is 36.3 Å². The molecule has 0 aliphatic carbocycles. The maximum Gasteiger partial charge on any atom is 0.255 e. The Kier molecular flexibility index (Phi) is 7.69. The molecule has 1 heterocycles. The second kappa shape index (κ2) is 10.3. The van der Waals surface area contributed by atoms with Crippen molar-refractivity contribution in [2.24, 2.45) is 0 Å². The fourth-order valence-electron chi connectivity index (χ4n) is 2.02. The van der Waals surface area contributed by atoms with Crippen molar-refractivity contribution in [3.63, 3.8) is 0 Å². The van der Waals surface area contributed by atoms with Crippen LogP contribution in [0.5, 0.6) is 0 Å². The molecule has 5 heteroatoms. The Morgan fingerprint density at radius 3 is 2.20 bits per heavy atom. The van der Waals surface area contributed by atoms with Gasteiger partial charge < -0.3 is 5.32 Å². The predicted octanol–water partition coefficient (Wildman–Crippen LogP) is 4.56. The van der Waals surface area contributed by atoms with Crippen molar-refractivity contribution in [1.82, 2.24) is 9.71 Å². The highest BCUT2D eigenvalue weighted by molar-refractivity contribution is 7.97. The minimum absolute atomic E-state index is 0.105. The number of hydrogen-bond acceptors (Lipinski definition) is 4. The maximum absolute atomic E-state index is 11.8. The van der Waals surface area contributed by atoms with E-state index in [2.05, 4.69) is 27.2 Å². The van der Waals surface area contributed by atoms with Crippen LogP contribution in [0.4, 0.5) is 5.69 Å². The molecular formula is C20H21N3OS. The van der Waals surface area contributed by atoms with Crippen molar-refractivity contribution in [1.29, 1.82) is 0 Å². The lowest BCUT2D eigenvalue weighted by Gasteiger charge is -2.05. The van der Waals surface area contributed by atoms with Crippen molar-refractivity contribution < 1.29 is 4.79 Å². The molecule has 0 spiro atoms. The molecule has 0 saturated carbocycles. The van der Waals surface area contributed by atoms with E-state index >= 15 is 0 Å². The molecule has 0 aliphatic heterocycles. The summed E-state index contributed by atoms with van der Waals surface area (Å²) in [6, 6.07) is 22.9. The first kappa shape index (κ1) is 18.7. The van der Waals surface area contributed by atoms with E-state index in [-0.39, 0.29) is 5.91 Å². The molecule has 25 heavy (non-hydrogen) atoms. The third-order valence-electron chi connectivity index (χ3n) is 3.15. The third-order valence-corrected chi connectivity index (χ3v) is 3.87. The minimum atomic E-state index is -0.105. The van der Waals surface area contributed by atoms with Gasteiger partial charge >= 0.3 is 0 Å². The topological polar surface area (TPSA) is 54.0 Å². The van der Waals surface area contributed by atoms with Crippen LogP contribution in [-0.4, -0.2) is 17.9 Å². The molecule has 0 fully saturated rings. The second-order valence-electron chi connectivity index (χ2n) is 5.13. The molecule has 2 aromatic carbocycles. The first-order valence-electron chi connectivity index (χ1n) is 7.86. The molecule has 128 valence electrons. The van der Waals surface area contributed by atoms with E-state index < -0.39 is 0 Å². The first-order chi connectivity index (χ1) is 12.2. The van der Waals surface area contributed by atoms with E-state index in [1.165, 1.54) is 4.90 Å². The SMILES string of the molecule is CNSc1ccccc1.Cc1cc(NC(=O)c2ccccc2)ccn1. The number of nitrogens with zero attached hydrogens (tertiary/aromatic N) is 1. The van der Waals surface area contributed by atoms with Gasteiger partial charge in [-0.2, -0.15) is 0 Å². The number of anilines is 1. The number of benzene rings is 2. The van der Waals surface area contributed by atoms with Crippen LogP contribution < -0.4 is 10.0 Å². The Hall–Kier alpha value is -2.63. The maximum atomic E-state index is 11.8. The van der Waals surface area contributed by atoms with Gasteiger partial charge in [-0.15, -0.1) is 0 Å². The largest absolute Gasteiger partial charge is 0.322 e. The lowest BCUT2D eigenvalue weighted by molar-refractivity contribution is 0.102. The molecule has 0 radical (unpaired) electrons. The lowest BCUT2D eigenvalue weighted by atomic mass is 10.2. The van der Waals surface area contributed by atoms with Crippen molar-refractivity contribution in [2.75, 3.05) is 12.4 Å². The summed E-state index contributed by atoms with van der Waals surface area (Å²) in [5, 5.41) is 2.82. The highest BCUT2D eigenvalue weighted by Gasteiger charge is 2.04. The van der Waals surface area contributed by atoms with E-state index in [0.717, 1.165) is 11.4 Å². The molecule has 0 bridgehead atoms. The van der Waals surface area contributed by atoms with Crippen LogP contribution in [0.25, 0.3) is 0 Å². The summed E-state index contributed by atoms with van der Waals surface area (Å²) in [5.74, 6) is -0.105. The van der Waals surface area contributed by atoms with Crippen LogP contribution in [0.15, 0.2) is 83.9 Å². The summed E-state index contributed by atoms with van der Waals surface area (Å²) in [4.78, 5) is 17.1. The van der Waals surface area contributed by atoms with Crippen molar-refractivity contribution in [3.05, 3.63) is 90.3 Å². The molecule has 0 aliphatic rings. The van der Waals surface area contributed by atoms with Gasteiger partial charge in [-0.3, -0.25) is 14.5 Å². The summed E-state index contributed by atoms with van der Waals surface area (Å²) in [6.45, 7) is 1.89. The molecule has 0 unspecified atom stereocenters. The fraction of sp³-hybridized carbons (Fsp3) is 0.100. The van der Waals surface area contributed by atoms with Crippen molar-refractivity contribution in [3.8, 4) is 0 Å². The van der Waals surface area contributed by atoms with Gasteiger partial charge in [-0.1, -0.05) is 36.4 Å². The van der Waals surface area contributed by atoms with Crippen LogP contribution in [0.2, 0.25) is 0 Å². The highest BCUT2D eigenvalue weighted by Crippen LogP contribution is 2.11. The van der Waals surface area contributed by atoms with E-state index in [0.29, 0.717) is 5.56 Å². The molecule has 3 rings (SSSR count). The number of carbonyl (C=O) groups excluding carboxylic acids is 1. The smallest absolute Gasteiger partial charge is 0.255 e. The number of nitrogens with one attached hydrogen (secondary N) is 2. The van der Waals surface area contributed by atoms with Crippen LogP contribution >= 0.6 is 11.9 Å². The Morgan fingerprint density at radius 2 is 1.60 bits per heavy atom. The van der Waals surface area contributed by atoms with Crippen LogP contribution in [0.3, 0.4) is 0 Å². The number of aryl methyl sites for hydroxylation is 1. The molecule has 1 aromatic heterocycles. The number of carbonyl (C=O) groups is 1. The van der Waals surface area contributed by atoms with Gasteiger partial charge in [0.25, 0.3) is 5.91 Å². The summed E-state index contributed by atoms with van der Waals surface area (Å²) in [5.41, 5.74) is 2.30. The number of pyridine rings is 1. The minimum Gasteiger partial charge on any atom is -0.322 e. The molecule has 3 aromatic rings. The van der Waals surface area contributed by atoms with E-state index in [1.807, 2.05) is 56.4 Å². The van der Waals surface area contributed by atoms with Gasteiger partial charge in [-0.05, 0) is 62.3 Å². The molecule has 0 saturated heterocycles. The second-order valence-corrected chi connectivity index (χ2v) is 6.21. The number of rotatable bonds is 4. The predicted molar refractivity (Wildman–Crippen MR) is 105 cm³/mol. The summed E-state index contributed by atoms with van der Waals surface area (Å²) >= 11 is 1.63. The van der Waals surface area contributed by atoms with Gasteiger partial charge in [-0.25, -0.2) is 0 Å². The van der Waals surface area contributed by atoms with Gasteiger partial charge in [0.2, 0.25) is 0 Å². The highest BCUT2D eigenvalue weighted by atomic mass is 32.2. The van der Waals surface area contributed by atoms with Crippen LogP contribution in [0.1, 0.15) is 16.1 Å². The van der Waals surface area contributed by atoms with Crippen molar-refractivity contribution in [2.45, 2.75) is 11.8 Å². The summed E-state index contributed by atoms with van der Waals surface area (Å²) in [7, 11) is 1.91. The Balaban J connectivity index is 0.000000212. The number of aromatic nitrogens is 1.